The standard InChI is InChI=1S/C22H27FN6O2/c1-22(2,3)11-17(30)28-10-4-5-15(13-28)19-24-20-18(21(31)25-19)26-27-29(20)12-14-6-8-16(23)9-7-14/h6-9,15H,4-5,10-13H2,1-3H3,(H,24,25,31)/t15-/m0/s1. The zero-order valence-electron chi connectivity index (χ0n) is 18.1. The van der Waals surface area contributed by atoms with E-state index in [2.05, 4.69) is 41.1 Å². The van der Waals surface area contributed by atoms with Crippen molar-refractivity contribution in [3.63, 3.8) is 0 Å². The molecule has 1 aliphatic rings. The van der Waals surface area contributed by atoms with E-state index in [0.717, 1.165) is 24.9 Å². The molecule has 0 spiro atoms. The van der Waals surface area contributed by atoms with Gasteiger partial charge in [-0.25, -0.2) is 14.1 Å². The Morgan fingerprint density at radius 1 is 1.26 bits per heavy atom. The SMILES string of the molecule is CC(C)(C)CC(=O)N1CCC[C@H](c2nc3c(nnn3Cc3ccc(F)cc3)c(=O)[nH]2)C1. The second kappa shape index (κ2) is 8.20. The van der Waals surface area contributed by atoms with Crippen molar-refractivity contribution in [1.29, 1.82) is 0 Å². The van der Waals surface area contributed by atoms with Crippen molar-refractivity contribution in [2.45, 2.75) is 52.5 Å². The van der Waals surface area contributed by atoms with Crippen LogP contribution in [-0.4, -0.2) is 48.9 Å². The van der Waals surface area contributed by atoms with Crippen molar-refractivity contribution in [3.8, 4) is 0 Å². The Morgan fingerprint density at radius 3 is 2.71 bits per heavy atom. The third-order valence-electron chi connectivity index (χ3n) is 5.48. The fourth-order valence-electron chi connectivity index (χ4n) is 3.94. The van der Waals surface area contributed by atoms with Crippen molar-refractivity contribution in [1.82, 2.24) is 29.9 Å². The molecule has 9 heteroatoms. The summed E-state index contributed by atoms with van der Waals surface area (Å²) in [5.41, 5.74) is 0.967. The highest BCUT2D eigenvalue weighted by molar-refractivity contribution is 5.77. The fourth-order valence-corrected chi connectivity index (χ4v) is 3.94. The fraction of sp³-hybridized carbons (Fsp3) is 0.500. The summed E-state index contributed by atoms with van der Waals surface area (Å²) in [6, 6.07) is 6.09. The number of hydrogen-bond donors (Lipinski definition) is 1. The number of rotatable bonds is 4. The first-order valence-electron chi connectivity index (χ1n) is 10.6. The predicted molar refractivity (Wildman–Crippen MR) is 114 cm³/mol. The first-order chi connectivity index (χ1) is 14.7. The molecular weight excluding hydrogens is 399 g/mol. The Balaban J connectivity index is 1.60. The summed E-state index contributed by atoms with van der Waals surface area (Å²) in [7, 11) is 0. The maximum Gasteiger partial charge on any atom is 0.281 e. The molecule has 0 radical (unpaired) electrons. The van der Waals surface area contributed by atoms with Gasteiger partial charge in [0.1, 0.15) is 11.6 Å². The number of carbonyl (C=O) groups is 1. The van der Waals surface area contributed by atoms with E-state index in [1.165, 1.54) is 12.1 Å². The van der Waals surface area contributed by atoms with Gasteiger partial charge in [0.2, 0.25) is 5.91 Å². The predicted octanol–water partition coefficient (Wildman–Crippen LogP) is 2.84. The van der Waals surface area contributed by atoms with Gasteiger partial charge in [-0.1, -0.05) is 38.1 Å². The monoisotopic (exact) mass is 426 g/mol. The van der Waals surface area contributed by atoms with E-state index in [9.17, 15) is 14.0 Å². The topological polar surface area (TPSA) is 96.8 Å². The molecule has 4 rings (SSSR count). The van der Waals surface area contributed by atoms with Crippen LogP contribution < -0.4 is 5.56 Å². The molecule has 3 heterocycles. The number of carbonyl (C=O) groups excluding carboxylic acids is 1. The van der Waals surface area contributed by atoms with Gasteiger partial charge in [0.25, 0.3) is 5.56 Å². The molecule has 2 aromatic heterocycles. The minimum absolute atomic E-state index is 0.0519. The quantitative estimate of drug-likeness (QED) is 0.692. The zero-order chi connectivity index (χ0) is 22.2. The number of aromatic nitrogens is 5. The van der Waals surface area contributed by atoms with Crippen LogP contribution in [0.4, 0.5) is 4.39 Å². The Morgan fingerprint density at radius 2 is 2.00 bits per heavy atom. The summed E-state index contributed by atoms with van der Waals surface area (Å²) in [6.07, 6.45) is 2.18. The third kappa shape index (κ3) is 4.81. The highest BCUT2D eigenvalue weighted by Gasteiger charge is 2.29. The molecular formula is C22H27FN6O2. The largest absolute Gasteiger partial charge is 0.342 e. The molecule has 1 fully saturated rings. The maximum atomic E-state index is 13.2. The highest BCUT2D eigenvalue weighted by atomic mass is 19.1. The molecule has 1 aliphatic heterocycles. The van der Waals surface area contributed by atoms with Crippen molar-refractivity contribution in [3.05, 3.63) is 51.8 Å². The van der Waals surface area contributed by atoms with Gasteiger partial charge in [-0.15, -0.1) is 5.10 Å². The molecule has 0 bridgehead atoms. The first-order valence-corrected chi connectivity index (χ1v) is 10.6. The number of benzene rings is 1. The minimum atomic E-state index is -0.344. The Kier molecular flexibility index (Phi) is 5.60. The molecule has 1 amide bonds. The van der Waals surface area contributed by atoms with E-state index >= 15 is 0 Å². The summed E-state index contributed by atoms with van der Waals surface area (Å²) < 4.78 is 14.7. The van der Waals surface area contributed by atoms with Gasteiger partial charge in [0.15, 0.2) is 11.2 Å². The molecule has 1 N–H and O–H groups in total. The lowest BCUT2D eigenvalue weighted by Gasteiger charge is -2.34. The Labute approximate surface area is 179 Å². The van der Waals surface area contributed by atoms with Crippen LogP contribution in [0.25, 0.3) is 11.2 Å². The van der Waals surface area contributed by atoms with Crippen LogP contribution in [-0.2, 0) is 11.3 Å². The number of H-pyrrole nitrogens is 1. The van der Waals surface area contributed by atoms with E-state index in [4.69, 9.17) is 0 Å². The number of nitrogens with zero attached hydrogens (tertiary/aromatic N) is 5. The summed E-state index contributed by atoms with van der Waals surface area (Å²) in [6.45, 7) is 7.73. The number of hydrogen-bond acceptors (Lipinski definition) is 5. The molecule has 1 aromatic carbocycles. The van der Waals surface area contributed by atoms with Gasteiger partial charge in [-0.3, -0.25) is 9.59 Å². The molecule has 0 saturated carbocycles. The van der Waals surface area contributed by atoms with Crippen molar-refractivity contribution >= 4 is 17.1 Å². The van der Waals surface area contributed by atoms with Gasteiger partial charge in [0.05, 0.1) is 6.54 Å². The summed E-state index contributed by atoms with van der Waals surface area (Å²) in [5, 5.41) is 8.04. The van der Waals surface area contributed by atoms with Crippen LogP contribution in [0.1, 0.15) is 57.3 Å². The number of aromatic amines is 1. The van der Waals surface area contributed by atoms with Gasteiger partial charge < -0.3 is 9.88 Å². The Hall–Kier alpha value is -3.10. The second-order valence-electron chi connectivity index (χ2n) is 9.41. The summed E-state index contributed by atoms with van der Waals surface area (Å²) >= 11 is 0. The Bertz CT molecular complexity index is 1150. The van der Waals surface area contributed by atoms with Crippen LogP contribution in [0.2, 0.25) is 0 Å². The molecule has 164 valence electrons. The molecule has 8 nitrogen and oxygen atoms in total. The molecule has 1 saturated heterocycles. The number of likely N-dealkylation sites (tertiary alicyclic amines) is 1. The van der Waals surface area contributed by atoms with Crippen molar-refractivity contribution in [2.24, 2.45) is 5.41 Å². The third-order valence-corrected chi connectivity index (χ3v) is 5.48. The average molecular weight is 426 g/mol. The van der Waals surface area contributed by atoms with Crippen molar-refractivity contribution < 1.29 is 9.18 Å². The normalized spacial score (nSPS) is 17.3. The first kappa shape index (κ1) is 21.1. The molecule has 0 aliphatic carbocycles. The molecule has 0 unspecified atom stereocenters. The van der Waals surface area contributed by atoms with Crippen molar-refractivity contribution in [2.75, 3.05) is 13.1 Å². The minimum Gasteiger partial charge on any atom is -0.342 e. The van der Waals surface area contributed by atoms with Crippen LogP contribution in [0, 0.1) is 11.2 Å². The average Bonchev–Trinajstić information content (AvgIpc) is 3.12. The smallest absolute Gasteiger partial charge is 0.281 e. The maximum absolute atomic E-state index is 13.2. The lowest BCUT2D eigenvalue weighted by molar-refractivity contribution is -0.134. The lowest BCUT2D eigenvalue weighted by Crippen LogP contribution is -2.41. The number of piperidine rings is 1. The van der Waals surface area contributed by atoms with Crippen LogP contribution in [0.5, 0.6) is 0 Å². The molecule has 3 aromatic rings. The van der Waals surface area contributed by atoms with Gasteiger partial charge in [0, 0.05) is 25.4 Å². The number of amides is 1. The van der Waals surface area contributed by atoms with E-state index < -0.39 is 0 Å². The number of nitrogens with one attached hydrogen (secondary N) is 1. The van der Waals surface area contributed by atoms with Gasteiger partial charge in [-0.05, 0) is 36.0 Å². The van der Waals surface area contributed by atoms with E-state index in [1.807, 2.05) is 4.90 Å². The van der Waals surface area contributed by atoms with E-state index in [0.29, 0.717) is 31.0 Å². The number of fused-ring (bicyclic) bond motifs is 1. The van der Waals surface area contributed by atoms with E-state index in [-0.39, 0.29) is 34.1 Å². The van der Waals surface area contributed by atoms with Crippen LogP contribution >= 0.6 is 0 Å². The highest BCUT2D eigenvalue weighted by Crippen LogP contribution is 2.27. The van der Waals surface area contributed by atoms with Crippen LogP contribution in [0.15, 0.2) is 29.1 Å². The van der Waals surface area contributed by atoms with Gasteiger partial charge >= 0.3 is 0 Å². The second-order valence-corrected chi connectivity index (χ2v) is 9.41. The van der Waals surface area contributed by atoms with E-state index in [1.54, 1.807) is 16.8 Å². The summed E-state index contributed by atoms with van der Waals surface area (Å²) in [5.74, 6) is 0.313. The van der Waals surface area contributed by atoms with Gasteiger partial charge in [-0.2, -0.15) is 0 Å². The lowest BCUT2D eigenvalue weighted by atomic mass is 9.90. The molecule has 31 heavy (non-hydrogen) atoms. The van der Waals surface area contributed by atoms with Crippen LogP contribution in [0.3, 0.4) is 0 Å². The molecule has 1 atom stereocenters. The number of halogens is 1. The summed E-state index contributed by atoms with van der Waals surface area (Å²) in [4.78, 5) is 34.7. The zero-order valence-corrected chi connectivity index (χ0v) is 18.1.